The molecular formula is C23H28N6O2. The summed E-state index contributed by atoms with van der Waals surface area (Å²) in [6, 6.07) is 5.94. The van der Waals surface area contributed by atoms with Crippen molar-refractivity contribution >= 4 is 17.9 Å². The smallest absolute Gasteiger partial charge is 0.264 e. The topological polar surface area (TPSA) is 87.3 Å². The number of piperazine rings is 1. The van der Waals surface area contributed by atoms with Crippen molar-refractivity contribution in [3.63, 3.8) is 0 Å². The fourth-order valence-corrected chi connectivity index (χ4v) is 4.28. The summed E-state index contributed by atoms with van der Waals surface area (Å²) in [6.45, 7) is 8.08. The van der Waals surface area contributed by atoms with Crippen molar-refractivity contribution in [3.8, 4) is 6.07 Å². The first-order valence-electron chi connectivity index (χ1n) is 10.8. The van der Waals surface area contributed by atoms with Crippen LogP contribution in [0, 0.1) is 25.2 Å². The molecule has 1 unspecified atom stereocenters. The van der Waals surface area contributed by atoms with Gasteiger partial charge >= 0.3 is 0 Å². The van der Waals surface area contributed by atoms with Crippen LogP contribution in [0.5, 0.6) is 0 Å². The highest BCUT2D eigenvalue weighted by atomic mass is 16.5. The van der Waals surface area contributed by atoms with Crippen LogP contribution in [0.4, 0.5) is 5.95 Å². The predicted octanol–water partition coefficient (Wildman–Crippen LogP) is 2.33. The number of aromatic nitrogens is 3. The minimum atomic E-state index is -0.222. The zero-order valence-electron chi connectivity index (χ0n) is 18.1. The summed E-state index contributed by atoms with van der Waals surface area (Å²) in [5, 5.41) is 9.69. The monoisotopic (exact) mass is 420 g/mol. The molecule has 1 atom stereocenters. The number of hydrogen-bond acceptors (Lipinski definition) is 6. The molecule has 0 spiro atoms. The van der Waals surface area contributed by atoms with E-state index in [1.54, 1.807) is 29.4 Å². The average Bonchev–Trinajstić information content (AvgIpc) is 3.41. The highest BCUT2D eigenvalue weighted by Crippen LogP contribution is 2.23. The third-order valence-corrected chi connectivity index (χ3v) is 6.08. The van der Waals surface area contributed by atoms with E-state index < -0.39 is 0 Å². The molecule has 1 amide bonds. The van der Waals surface area contributed by atoms with Gasteiger partial charge in [0.05, 0.1) is 6.10 Å². The Hall–Kier alpha value is -3.18. The number of anilines is 1. The molecule has 0 radical (unpaired) electrons. The van der Waals surface area contributed by atoms with Crippen molar-refractivity contribution in [2.75, 3.05) is 37.7 Å². The summed E-state index contributed by atoms with van der Waals surface area (Å²) >= 11 is 0. The Morgan fingerprint density at radius 2 is 2.00 bits per heavy atom. The first kappa shape index (κ1) is 21.1. The minimum absolute atomic E-state index is 0.168. The molecule has 162 valence electrons. The molecule has 0 saturated carbocycles. The highest BCUT2D eigenvalue weighted by Gasteiger charge is 2.25. The second kappa shape index (κ2) is 9.31. The van der Waals surface area contributed by atoms with Crippen molar-refractivity contribution in [1.29, 1.82) is 5.26 Å². The van der Waals surface area contributed by atoms with E-state index in [2.05, 4.69) is 32.4 Å². The van der Waals surface area contributed by atoms with E-state index in [4.69, 9.17) is 4.74 Å². The highest BCUT2D eigenvalue weighted by molar-refractivity contribution is 6.02. The lowest BCUT2D eigenvalue weighted by Crippen LogP contribution is -2.49. The SMILES string of the molecule is Cc1cc(/C=C(\C#N)C(=O)N2CCN(c3ncccn3)CC2)c(C)n1CC1CCCO1. The summed E-state index contributed by atoms with van der Waals surface area (Å²) in [6.07, 6.45) is 7.57. The number of rotatable bonds is 5. The van der Waals surface area contributed by atoms with Crippen LogP contribution in [0.15, 0.2) is 30.1 Å². The van der Waals surface area contributed by atoms with E-state index in [1.165, 1.54) is 0 Å². The number of ether oxygens (including phenoxy) is 1. The second-order valence-corrected chi connectivity index (χ2v) is 8.07. The van der Waals surface area contributed by atoms with Gasteiger partial charge in [0.15, 0.2) is 0 Å². The number of amides is 1. The van der Waals surface area contributed by atoms with Gasteiger partial charge in [0, 0.05) is 63.1 Å². The number of nitrogens with zero attached hydrogens (tertiary/aromatic N) is 6. The zero-order chi connectivity index (χ0) is 21.8. The van der Waals surface area contributed by atoms with Crippen LogP contribution in [0.3, 0.4) is 0 Å². The molecule has 2 aromatic rings. The molecule has 8 heteroatoms. The van der Waals surface area contributed by atoms with Gasteiger partial charge in [-0.1, -0.05) is 0 Å². The quantitative estimate of drug-likeness (QED) is 0.545. The van der Waals surface area contributed by atoms with Crippen LogP contribution in [0.1, 0.15) is 29.8 Å². The van der Waals surface area contributed by atoms with E-state index in [0.717, 1.165) is 42.9 Å². The molecule has 2 saturated heterocycles. The zero-order valence-corrected chi connectivity index (χ0v) is 18.1. The van der Waals surface area contributed by atoms with E-state index in [-0.39, 0.29) is 17.6 Å². The fraction of sp³-hybridized carbons (Fsp3) is 0.478. The molecule has 0 aromatic carbocycles. The van der Waals surface area contributed by atoms with Crippen molar-refractivity contribution in [3.05, 3.63) is 47.1 Å². The Kier molecular flexibility index (Phi) is 6.33. The van der Waals surface area contributed by atoms with Crippen LogP contribution >= 0.6 is 0 Å². The first-order valence-corrected chi connectivity index (χ1v) is 10.8. The minimum Gasteiger partial charge on any atom is -0.376 e. The van der Waals surface area contributed by atoms with Gasteiger partial charge in [-0.25, -0.2) is 9.97 Å². The Bertz CT molecular complexity index is 993. The number of nitriles is 1. The average molecular weight is 421 g/mol. The Morgan fingerprint density at radius 3 is 2.65 bits per heavy atom. The summed E-state index contributed by atoms with van der Waals surface area (Å²) in [7, 11) is 0. The molecule has 8 nitrogen and oxygen atoms in total. The van der Waals surface area contributed by atoms with Crippen LogP contribution in [0.25, 0.3) is 6.08 Å². The molecule has 31 heavy (non-hydrogen) atoms. The van der Waals surface area contributed by atoms with Crippen LogP contribution < -0.4 is 4.90 Å². The Morgan fingerprint density at radius 1 is 1.26 bits per heavy atom. The van der Waals surface area contributed by atoms with E-state index in [9.17, 15) is 10.1 Å². The van der Waals surface area contributed by atoms with Crippen LogP contribution in [-0.2, 0) is 16.1 Å². The standard InChI is InChI=1S/C23H28N6O2/c1-17-13-19(18(2)29(17)16-21-5-3-12-31-21)14-20(15-24)22(30)27-8-10-28(11-9-27)23-25-6-4-7-26-23/h4,6-7,13-14,21H,3,5,8-12,16H2,1-2H3/b20-14+. The molecule has 0 aliphatic carbocycles. The second-order valence-electron chi connectivity index (χ2n) is 8.07. The maximum absolute atomic E-state index is 13.0. The van der Waals surface area contributed by atoms with Crippen molar-refractivity contribution in [2.24, 2.45) is 0 Å². The summed E-state index contributed by atoms with van der Waals surface area (Å²) in [4.78, 5) is 25.4. The van der Waals surface area contributed by atoms with Crippen molar-refractivity contribution in [2.45, 2.75) is 39.3 Å². The number of carbonyl (C=O) groups excluding carboxylic acids is 1. The maximum atomic E-state index is 13.0. The van der Waals surface area contributed by atoms with Crippen molar-refractivity contribution in [1.82, 2.24) is 19.4 Å². The predicted molar refractivity (Wildman–Crippen MR) is 117 cm³/mol. The lowest BCUT2D eigenvalue weighted by Gasteiger charge is -2.34. The van der Waals surface area contributed by atoms with E-state index in [0.29, 0.717) is 32.1 Å². The Labute approximate surface area is 182 Å². The molecule has 2 aliphatic heterocycles. The van der Waals surface area contributed by atoms with Gasteiger partial charge in [0.25, 0.3) is 5.91 Å². The molecule has 4 rings (SSSR count). The molecular weight excluding hydrogens is 392 g/mol. The lowest BCUT2D eigenvalue weighted by molar-refractivity contribution is -0.126. The normalized spacial score (nSPS) is 19.5. The van der Waals surface area contributed by atoms with Gasteiger partial charge in [0.1, 0.15) is 11.6 Å². The van der Waals surface area contributed by atoms with E-state index >= 15 is 0 Å². The molecule has 0 bridgehead atoms. The molecule has 2 fully saturated rings. The third-order valence-electron chi connectivity index (χ3n) is 6.08. The third kappa shape index (κ3) is 4.62. The van der Waals surface area contributed by atoms with Crippen LogP contribution in [-0.4, -0.2) is 64.2 Å². The number of aryl methyl sites for hydroxylation is 1. The first-order chi connectivity index (χ1) is 15.1. The van der Waals surface area contributed by atoms with Crippen LogP contribution in [0.2, 0.25) is 0 Å². The number of hydrogen-bond donors (Lipinski definition) is 0. The van der Waals surface area contributed by atoms with Gasteiger partial charge < -0.3 is 19.1 Å². The van der Waals surface area contributed by atoms with Gasteiger partial charge in [-0.2, -0.15) is 5.26 Å². The summed E-state index contributed by atoms with van der Waals surface area (Å²) in [5.74, 6) is 0.449. The number of carbonyl (C=O) groups is 1. The lowest BCUT2D eigenvalue weighted by atomic mass is 10.1. The molecule has 0 N–H and O–H groups in total. The largest absolute Gasteiger partial charge is 0.376 e. The van der Waals surface area contributed by atoms with Crippen molar-refractivity contribution < 1.29 is 9.53 Å². The molecule has 2 aromatic heterocycles. The summed E-state index contributed by atoms with van der Waals surface area (Å²) in [5.41, 5.74) is 3.25. The van der Waals surface area contributed by atoms with Gasteiger partial charge in [0.2, 0.25) is 5.95 Å². The molecule has 2 aliphatic rings. The van der Waals surface area contributed by atoms with Gasteiger partial charge in [-0.15, -0.1) is 0 Å². The Balaban J connectivity index is 1.45. The maximum Gasteiger partial charge on any atom is 0.264 e. The fourth-order valence-electron chi connectivity index (χ4n) is 4.28. The summed E-state index contributed by atoms with van der Waals surface area (Å²) < 4.78 is 8.00. The molecule has 4 heterocycles. The van der Waals surface area contributed by atoms with Gasteiger partial charge in [-0.3, -0.25) is 4.79 Å². The van der Waals surface area contributed by atoms with Gasteiger partial charge in [-0.05, 0) is 50.5 Å². The van der Waals surface area contributed by atoms with E-state index in [1.807, 2.05) is 13.0 Å².